The molecule has 0 spiro atoms. The zero-order valence-corrected chi connectivity index (χ0v) is 10.7. The minimum Gasteiger partial charge on any atom is -0.387 e. The summed E-state index contributed by atoms with van der Waals surface area (Å²) >= 11 is 1.54. The molecule has 1 rings (SSSR count). The van der Waals surface area contributed by atoms with E-state index in [0.717, 1.165) is 24.8 Å². The summed E-state index contributed by atoms with van der Waals surface area (Å²) in [7, 11) is 0. The van der Waals surface area contributed by atoms with Gasteiger partial charge in [0.25, 0.3) is 0 Å². The highest BCUT2D eigenvalue weighted by molar-refractivity contribution is 7.07. The largest absolute Gasteiger partial charge is 0.387 e. The van der Waals surface area contributed by atoms with Gasteiger partial charge in [0.2, 0.25) is 5.91 Å². The molecule has 0 radical (unpaired) electrons. The van der Waals surface area contributed by atoms with E-state index in [4.69, 9.17) is 5.73 Å². The van der Waals surface area contributed by atoms with Crippen molar-refractivity contribution in [3.8, 4) is 0 Å². The molecule has 1 atom stereocenters. The Bertz CT molecular complexity index is 314. The molecule has 4 nitrogen and oxygen atoms in total. The van der Waals surface area contributed by atoms with E-state index in [0.29, 0.717) is 13.0 Å². The van der Waals surface area contributed by atoms with Crippen LogP contribution in [0.4, 0.5) is 0 Å². The highest BCUT2D eigenvalue weighted by Crippen LogP contribution is 2.15. The van der Waals surface area contributed by atoms with Crippen molar-refractivity contribution in [3.63, 3.8) is 0 Å². The first kappa shape index (κ1) is 14.2. The first-order valence-electron chi connectivity index (χ1n) is 5.91. The molecule has 0 aliphatic carbocycles. The standard InChI is InChI=1S/C12H20N2O2S/c13-6-3-1-2-4-12(16)14-8-11(15)10-5-7-17-9-10/h5,7,9,11,15H,1-4,6,8,13H2,(H,14,16). The lowest BCUT2D eigenvalue weighted by molar-refractivity contribution is -0.121. The first-order chi connectivity index (χ1) is 8.24. The van der Waals surface area contributed by atoms with Gasteiger partial charge in [0.05, 0.1) is 6.10 Å². The molecular weight excluding hydrogens is 236 g/mol. The van der Waals surface area contributed by atoms with Gasteiger partial charge in [-0.25, -0.2) is 0 Å². The Balaban J connectivity index is 2.11. The molecule has 0 saturated carbocycles. The van der Waals surface area contributed by atoms with E-state index in [2.05, 4.69) is 5.32 Å². The van der Waals surface area contributed by atoms with Crippen molar-refractivity contribution < 1.29 is 9.90 Å². The lowest BCUT2D eigenvalue weighted by atomic mass is 10.1. The van der Waals surface area contributed by atoms with Gasteiger partial charge < -0.3 is 16.2 Å². The fraction of sp³-hybridized carbons (Fsp3) is 0.583. The lowest BCUT2D eigenvalue weighted by Gasteiger charge is -2.10. The van der Waals surface area contributed by atoms with Crippen molar-refractivity contribution in [2.75, 3.05) is 13.1 Å². The van der Waals surface area contributed by atoms with Gasteiger partial charge in [0.15, 0.2) is 0 Å². The van der Waals surface area contributed by atoms with Crippen molar-refractivity contribution in [2.45, 2.75) is 31.8 Å². The summed E-state index contributed by atoms with van der Waals surface area (Å²) in [6.45, 7) is 0.963. The summed E-state index contributed by atoms with van der Waals surface area (Å²) in [4.78, 5) is 11.4. The van der Waals surface area contributed by atoms with Gasteiger partial charge in [-0.1, -0.05) is 6.42 Å². The monoisotopic (exact) mass is 256 g/mol. The number of nitrogens with one attached hydrogen (secondary N) is 1. The molecule has 0 aliphatic heterocycles. The smallest absolute Gasteiger partial charge is 0.220 e. The van der Waals surface area contributed by atoms with Crippen molar-refractivity contribution >= 4 is 17.2 Å². The minimum atomic E-state index is -0.603. The number of hydrogen-bond donors (Lipinski definition) is 3. The Morgan fingerprint density at radius 1 is 1.47 bits per heavy atom. The molecule has 5 heteroatoms. The van der Waals surface area contributed by atoms with Crippen molar-refractivity contribution in [3.05, 3.63) is 22.4 Å². The number of rotatable bonds is 8. The van der Waals surface area contributed by atoms with Crippen molar-refractivity contribution in [1.29, 1.82) is 0 Å². The number of aliphatic hydroxyl groups excluding tert-OH is 1. The molecule has 17 heavy (non-hydrogen) atoms. The second-order valence-electron chi connectivity index (χ2n) is 3.98. The molecule has 1 unspecified atom stereocenters. The summed E-state index contributed by atoms with van der Waals surface area (Å²) in [5, 5.41) is 16.3. The third-order valence-corrected chi connectivity index (χ3v) is 3.23. The molecule has 0 aromatic carbocycles. The van der Waals surface area contributed by atoms with E-state index in [1.165, 1.54) is 11.3 Å². The third kappa shape index (κ3) is 5.81. The van der Waals surface area contributed by atoms with Gasteiger partial charge in [-0.05, 0) is 41.8 Å². The Morgan fingerprint density at radius 2 is 2.29 bits per heavy atom. The van der Waals surface area contributed by atoms with Gasteiger partial charge in [0.1, 0.15) is 0 Å². The Hall–Kier alpha value is -0.910. The molecule has 1 heterocycles. The third-order valence-electron chi connectivity index (χ3n) is 2.53. The van der Waals surface area contributed by atoms with Gasteiger partial charge in [0, 0.05) is 13.0 Å². The highest BCUT2D eigenvalue weighted by atomic mass is 32.1. The van der Waals surface area contributed by atoms with Crippen LogP contribution in [0.2, 0.25) is 0 Å². The number of amides is 1. The van der Waals surface area contributed by atoms with Crippen LogP contribution in [-0.2, 0) is 4.79 Å². The number of carbonyl (C=O) groups excluding carboxylic acids is 1. The van der Waals surface area contributed by atoms with E-state index < -0.39 is 6.10 Å². The number of aliphatic hydroxyl groups is 1. The summed E-state index contributed by atoms with van der Waals surface area (Å²) in [6.07, 6.45) is 2.71. The van der Waals surface area contributed by atoms with E-state index >= 15 is 0 Å². The van der Waals surface area contributed by atoms with E-state index in [1.54, 1.807) is 0 Å². The first-order valence-corrected chi connectivity index (χ1v) is 6.85. The van der Waals surface area contributed by atoms with Gasteiger partial charge in [-0.2, -0.15) is 11.3 Å². The molecule has 0 fully saturated rings. The maximum Gasteiger partial charge on any atom is 0.220 e. The molecule has 0 saturated heterocycles. The van der Waals surface area contributed by atoms with Crippen LogP contribution < -0.4 is 11.1 Å². The Morgan fingerprint density at radius 3 is 2.94 bits per heavy atom. The van der Waals surface area contributed by atoms with Crippen LogP contribution in [0.3, 0.4) is 0 Å². The maximum atomic E-state index is 11.4. The zero-order valence-electron chi connectivity index (χ0n) is 9.89. The Labute approximate surface area is 106 Å². The number of thiophene rings is 1. The summed E-state index contributed by atoms with van der Waals surface area (Å²) < 4.78 is 0. The van der Waals surface area contributed by atoms with Gasteiger partial charge in [-0.3, -0.25) is 4.79 Å². The number of hydrogen-bond acceptors (Lipinski definition) is 4. The fourth-order valence-corrected chi connectivity index (χ4v) is 2.20. The molecule has 1 aromatic rings. The topological polar surface area (TPSA) is 75.4 Å². The molecule has 0 aliphatic rings. The number of carbonyl (C=O) groups is 1. The number of unbranched alkanes of at least 4 members (excludes halogenated alkanes) is 2. The summed E-state index contributed by atoms with van der Waals surface area (Å²) in [5.74, 6) is -0.00342. The Kier molecular flexibility index (Phi) is 6.84. The molecule has 96 valence electrons. The molecule has 1 amide bonds. The second kappa shape index (κ2) is 8.22. The number of nitrogens with two attached hydrogens (primary N) is 1. The lowest BCUT2D eigenvalue weighted by Crippen LogP contribution is -2.27. The average Bonchev–Trinajstić information content (AvgIpc) is 2.85. The van der Waals surface area contributed by atoms with Crippen LogP contribution in [0.5, 0.6) is 0 Å². The van der Waals surface area contributed by atoms with Crippen LogP contribution in [0.1, 0.15) is 37.4 Å². The SMILES string of the molecule is NCCCCCC(=O)NCC(O)c1ccsc1. The second-order valence-corrected chi connectivity index (χ2v) is 4.76. The molecular formula is C12H20N2O2S. The highest BCUT2D eigenvalue weighted by Gasteiger charge is 2.09. The van der Waals surface area contributed by atoms with Crippen LogP contribution in [0.25, 0.3) is 0 Å². The average molecular weight is 256 g/mol. The van der Waals surface area contributed by atoms with Crippen LogP contribution in [0, 0.1) is 0 Å². The fourth-order valence-electron chi connectivity index (χ4n) is 1.49. The van der Waals surface area contributed by atoms with Crippen LogP contribution in [0.15, 0.2) is 16.8 Å². The predicted molar refractivity (Wildman–Crippen MR) is 69.8 cm³/mol. The van der Waals surface area contributed by atoms with Crippen LogP contribution >= 0.6 is 11.3 Å². The zero-order chi connectivity index (χ0) is 12.5. The molecule has 1 aromatic heterocycles. The van der Waals surface area contributed by atoms with Crippen LogP contribution in [-0.4, -0.2) is 24.1 Å². The molecule has 4 N–H and O–H groups in total. The van der Waals surface area contributed by atoms with E-state index in [-0.39, 0.29) is 12.5 Å². The quantitative estimate of drug-likeness (QED) is 0.616. The molecule has 0 bridgehead atoms. The normalized spacial score (nSPS) is 12.4. The van der Waals surface area contributed by atoms with Gasteiger partial charge >= 0.3 is 0 Å². The van der Waals surface area contributed by atoms with Crippen molar-refractivity contribution in [1.82, 2.24) is 5.32 Å². The summed E-state index contributed by atoms with van der Waals surface area (Å²) in [6, 6.07) is 1.86. The summed E-state index contributed by atoms with van der Waals surface area (Å²) in [5.41, 5.74) is 6.23. The van der Waals surface area contributed by atoms with E-state index in [1.807, 2.05) is 16.8 Å². The van der Waals surface area contributed by atoms with Gasteiger partial charge in [-0.15, -0.1) is 0 Å². The predicted octanol–water partition coefficient (Wildman–Crippen LogP) is 1.42. The maximum absolute atomic E-state index is 11.4. The minimum absolute atomic E-state index is 0.00342. The van der Waals surface area contributed by atoms with E-state index in [9.17, 15) is 9.90 Å². The van der Waals surface area contributed by atoms with Crippen molar-refractivity contribution in [2.24, 2.45) is 5.73 Å².